The van der Waals surface area contributed by atoms with Gasteiger partial charge < -0.3 is 5.32 Å². The molecule has 2 rings (SSSR count). The van der Waals surface area contributed by atoms with Crippen LogP contribution in [-0.4, -0.2) is 28.5 Å². The smallest absolute Gasteiger partial charge is 0.238 e. The second-order valence-corrected chi connectivity index (χ2v) is 9.16. The van der Waals surface area contributed by atoms with Gasteiger partial charge in [-0.25, -0.2) is 22.0 Å². The molecule has 3 N–H and O–H groups in total. The average molecular weight is 403 g/mol. The number of anilines is 1. The molecule has 0 aliphatic rings. The molecule has 0 spiro atoms. The van der Waals surface area contributed by atoms with Crippen molar-refractivity contribution in [3.8, 4) is 0 Å². The molecule has 0 radical (unpaired) electrons. The number of carbonyl (C=O) groups is 1. The first-order valence-corrected chi connectivity index (χ1v) is 10.6. The number of sulfone groups is 1. The maximum absolute atomic E-state index is 12.2. The van der Waals surface area contributed by atoms with Gasteiger partial charge in [-0.2, -0.15) is 0 Å². The molecule has 2 aromatic rings. The van der Waals surface area contributed by atoms with E-state index in [4.69, 9.17) is 16.7 Å². The van der Waals surface area contributed by atoms with E-state index < -0.39 is 31.5 Å². The summed E-state index contributed by atoms with van der Waals surface area (Å²) >= 11 is 5.87. The first-order valence-electron chi connectivity index (χ1n) is 6.99. The highest BCUT2D eigenvalue weighted by atomic mass is 35.5. The lowest BCUT2D eigenvalue weighted by Gasteiger charge is -2.08. The molecular weight excluding hydrogens is 388 g/mol. The number of benzene rings is 2. The largest absolute Gasteiger partial charge is 0.326 e. The van der Waals surface area contributed by atoms with Crippen molar-refractivity contribution in [2.75, 3.05) is 11.1 Å². The number of nitrogens with one attached hydrogen (secondary N) is 1. The van der Waals surface area contributed by atoms with Gasteiger partial charge in [0.1, 0.15) is 0 Å². The van der Waals surface area contributed by atoms with Crippen molar-refractivity contribution in [2.24, 2.45) is 5.14 Å². The molecule has 0 aliphatic carbocycles. The van der Waals surface area contributed by atoms with Crippen molar-refractivity contribution < 1.29 is 21.6 Å². The summed E-state index contributed by atoms with van der Waals surface area (Å²) in [6, 6.07) is 11.2. The number of halogens is 1. The Morgan fingerprint density at radius 2 is 1.60 bits per heavy atom. The van der Waals surface area contributed by atoms with Gasteiger partial charge in [0.25, 0.3) is 0 Å². The Morgan fingerprint density at radius 1 is 1.00 bits per heavy atom. The van der Waals surface area contributed by atoms with E-state index in [0.29, 0.717) is 5.69 Å². The number of sulfonamides is 1. The van der Waals surface area contributed by atoms with E-state index in [9.17, 15) is 21.6 Å². The van der Waals surface area contributed by atoms with E-state index in [-0.39, 0.29) is 21.2 Å². The van der Waals surface area contributed by atoms with Gasteiger partial charge in [-0.05, 0) is 36.4 Å². The van der Waals surface area contributed by atoms with Gasteiger partial charge >= 0.3 is 0 Å². The lowest BCUT2D eigenvalue weighted by atomic mass is 10.3. The monoisotopic (exact) mass is 402 g/mol. The fourth-order valence-corrected chi connectivity index (χ4v) is 4.31. The molecule has 1 amide bonds. The van der Waals surface area contributed by atoms with Crippen LogP contribution in [-0.2, 0) is 24.7 Å². The highest BCUT2D eigenvalue weighted by molar-refractivity contribution is 7.91. The van der Waals surface area contributed by atoms with Gasteiger partial charge in [-0.1, -0.05) is 23.7 Å². The summed E-state index contributed by atoms with van der Waals surface area (Å²) in [5.74, 6) is -0.934. The fourth-order valence-electron chi connectivity index (χ4n) is 1.99. The standard InChI is InChI=1S/C15H15ClN2O5S2/c16-13-3-1-2-4-14(13)24(20,21)10-9-15(19)18-11-5-7-12(8-6-11)25(17,22)23/h1-8H,9-10H2,(H,18,19)(H2,17,22,23). The average Bonchev–Trinajstić information content (AvgIpc) is 2.53. The molecule has 0 heterocycles. The number of hydrogen-bond acceptors (Lipinski definition) is 5. The molecular formula is C15H15ClN2O5S2. The van der Waals surface area contributed by atoms with Crippen LogP contribution < -0.4 is 10.5 Å². The summed E-state index contributed by atoms with van der Waals surface area (Å²) in [6.07, 6.45) is -0.273. The van der Waals surface area contributed by atoms with Gasteiger partial charge in [0, 0.05) is 12.1 Å². The molecule has 2 aromatic carbocycles. The highest BCUT2D eigenvalue weighted by Gasteiger charge is 2.19. The quantitative estimate of drug-likeness (QED) is 0.762. The number of carbonyl (C=O) groups excluding carboxylic acids is 1. The Kier molecular flexibility index (Phi) is 5.83. The van der Waals surface area contributed by atoms with Crippen LogP contribution in [0.3, 0.4) is 0 Å². The second kappa shape index (κ2) is 7.52. The Labute approximate surface area is 150 Å². The highest BCUT2D eigenvalue weighted by Crippen LogP contribution is 2.22. The van der Waals surface area contributed by atoms with Crippen LogP contribution in [0.1, 0.15) is 6.42 Å². The zero-order valence-corrected chi connectivity index (χ0v) is 15.2. The van der Waals surface area contributed by atoms with Crippen molar-refractivity contribution in [1.82, 2.24) is 0 Å². The molecule has 25 heavy (non-hydrogen) atoms. The first kappa shape index (κ1) is 19.4. The minimum Gasteiger partial charge on any atom is -0.326 e. The fraction of sp³-hybridized carbons (Fsp3) is 0.133. The first-order chi connectivity index (χ1) is 11.6. The van der Waals surface area contributed by atoms with E-state index in [1.807, 2.05) is 0 Å². The molecule has 0 saturated carbocycles. The molecule has 0 fully saturated rings. The lowest BCUT2D eigenvalue weighted by molar-refractivity contribution is -0.115. The molecule has 10 heteroatoms. The molecule has 0 bridgehead atoms. The summed E-state index contributed by atoms with van der Waals surface area (Å²) in [7, 11) is -7.51. The van der Waals surface area contributed by atoms with Gasteiger partial charge in [0.2, 0.25) is 15.9 Å². The second-order valence-electron chi connectivity index (χ2n) is 5.12. The van der Waals surface area contributed by atoms with Gasteiger partial charge in [-0.3, -0.25) is 4.79 Å². The summed E-state index contributed by atoms with van der Waals surface area (Å²) in [4.78, 5) is 11.8. The van der Waals surface area contributed by atoms with E-state index in [1.165, 1.54) is 36.4 Å². The number of hydrogen-bond donors (Lipinski definition) is 2. The minimum atomic E-state index is -3.82. The molecule has 134 valence electrons. The number of nitrogens with two attached hydrogens (primary N) is 1. The Hall–Kier alpha value is -1.94. The molecule has 0 saturated heterocycles. The predicted octanol–water partition coefficient (Wildman–Crippen LogP) is 1.79. The van der Waals surface area contributed by atoms with E-state index in [2.05, 4.69) is 5.32 Å². The van der Waals surface area contributed by atoms with Crippen LogP contribution in [0.5, 0.6) is 0 Å². The Bertz CT molecular complexity index is 987. The predicted molar refractivity (Wildman–Crippen MR) is 94.6 cm³/mol. The molecule has 0 aromatic heterocycles. The lowest BCUT2D eigenvalue weighted by Crippen LogP contribution is -2.18. The SMILES string of the molecule is NS(=O)(=O)c1ccc(NC(=O)CCS(=O)(=O)c2ccccc2Cl)cc1. The van der Waals surface area contributed by atoms with Crippen molar-refractivity contribution in [1.29, 1.82) is 0 Å². The number of amides is 1. The molecule has 0 aliphatic heterocycles. The summed E-state index contributed by atoms with van der Waals surface area (Å²) in [5.41, 5.74) is 0.326. The summed E-state index contributed by atoms with van der Waals surface area (Å²) < 4.78 is 46.7. The summed E-state index contributed by atoms with van der Waals surface area (Å²) in [6.45, 7) is 0. The minimum absolute atomic E-state index is 0.0260. The van der Waals surface area contributed by atoms with Crippen molar-refractivity contribution in [3.63, 3.8) is 0 Å². The van der Waals surface area contributed by atoms with Crippen LogP contribution in [0.2, 0.25) is 5.02 Å². The molecule has 0 atom stereocenters. The maximum atomic E-state index is 12.2. The van der Waals surface area contributed by atoms with Crippen LogP contribution in [0.4, 0.5) is 5.69 Å². The van der Waals surface area contributed by atoms with Gasteiger partial charge in [-0.15, -0.1) is 0 Å². The van der Waals surface area contributed by atoms with Crippen LogP contribution in [0.15, 0.2) is 58.3 Å². The normalized spacial score (nSPS) is 11.9. The summed E-state index contributed by atoms with van der Waals surface area (Å²) in [5, 5.41) is 7.56. The van der Waals surface area contributed by atoms with Crippen molar-refractivity contribution in [3.05, 3.63) is 53.6 Å². The van der Waals surface area contributed by atoms with E-state index in [1.54, 1.807) is 12.1 Å². The van der Waals surface area contributed by atoms with Gasteiger partial charge in [0.15, 0.2) is 9.84 Å². The van der Waals surface area contributed by atoms with E-state index in [0.717, 1.165) is 0 Å². The number of rotatable bonds is 6. The third-order valence-corrected chi connectivity index (χ3v) is 6.37. The molecule has 7 nitrogen and oxygen atoms in total. The van der Waals surface area contributed by atoms with Crippen molar-refractivity contribution >= 4 is 43.1 Å². The Morgan fingerprint density at radius 3 is 2.16 bits per heavy atom. The van der Waals surface area contributed by atoms with Gasteiger partial charge in [0.05, 0.1) is 20.6 Å². The maximum Gasteiger partial charge on any atom is 0.238 e. The van der Waals surface area contributed by atoms with Crippen LogP contribution >= 0.6 is 11.6 Å². The topological polar surface area (TPSA) is 123 Å². The molecule has 0 unspecified atom stereocenters. The third kappa shape index (κ3) is 5.27. The van der Waals surface area contributed by atoms with Crippen LogP contribution in [0.25, 0.3) is 0 Å². The zero-order chi connectivity index (χ0) is 18.7. The zero-order valence-electron chi connectivity index (χ0n) is 12.8. The van der Waals surface area contributed by atoms with Crippen LogP contribution in [0, 0.1) is 0 Å². The van der Waals surface area contributed by atoms with E-state index >= 15 is 0 Å². The Balaban J connectivity index is 2.00. The number of primary sulfonamides is 1. The third-order valence-electron chi connectivity index (χ3n) is 3.24. The van der Waals surface area contributed by atoms with Crippen molar-refractivity contribution in [2.45, 2.75) is 16.2 Å².